The first kappa shape index (κ1) is 10.9. The van der Waals surface area contributed by atoms with E-state index in [9.17, 15) is 0 Å². The van der Waals surface area contributed by atoms with E-state index in [0.717, 1.165) is 12.4 Å². The molecular weight excluding hydrogens is 174 g/mol. The SMILES string of the molecule is CN1CC=CCC1.Cc1ncccn1. The van der Waals surface area contributed by atoms with E-state index in [4.69, 9.17) is 0 Å². The van der Waals surface area contributed by atoms with E-state index in [1.807, 2.05) is 6.92 Å². The van der Waals surface area contributed by atoms with Gasteiger partial charge in [0.2, 0.25) is 0 Å². The van der Waals surface area contributed by atoms with E-state index >= 15 is 0 Å². The molecule has 76 valence electrons. The van der Waals surface area contributed by atoms with E-state index in [-0.39, 0.29) is 0 Å². The van der Waals surface area contributed by atoms with E-state index in [1.54, 1.807) is 18.5 Å². The van der Waals surface area contributed by atoms with Gasteiger partial charge in [0, 0.05) is 25.5 Å². The van der Waals surface area contributed by atoms with Crippen molar-refractivity contribution in [1.29, 1.82) is 0 Å². The fourth-order valence-corrected chi connectivity index (χ4v) is 1.13. The third kappa shape index (κ3) is 4.72. The normalized spacial score (nSPS) is 15.9. The predicted octanol–water partition coefficient (Wildman–Crippen LogP) is 1.66. The van der Waals surface area contributed by atoms with Crippen LogP contribution in [0, 0.1) is 6.92 Å². The molecule has 1 aliphatic rings. The van der Waals surface area contributed by atoms with Gasteiger partial charge in [-0.15, -0.1) is 0 Å². The summed E-state index contributed by atoms with van der Waals surface area (Å²) in [5.74, 6) is 0.822. The Kier molecular flexibility index (Phi) is 4.86. The minimum absolute atomic E-state index is 0.822. The monoisotopic (exact) mass is 191 g/mol. The van der Waals surface area contributed by atoms with Gasteiger partial charge in [-0.1, -0.05) is 12.2 Å². The largest absolute Gasteiger partial charge is 0.302 e. The summed E-state index contributed by atoms with van der Waals surface area (Å²) in [7, 11) is 2.14. The highest BCUT2D eigenvalue weighted by atomic mass is 15.1. The molecule has 0 amide bonds. The van der Waals surface area contributed by atoms with Crippen LogP contribution in [0.4, 0.5) is 0 Å². The lowest BCUT2D eigenvalue weighted by Crippen LogP contribution is -2.21. The molecule has 0 saturated heterocycles. The summed E-state index contributed by atoms with van der Waals surface area (Å²) in [5, 5.41) is 0. The Labute approximate surface area is 85.5 Å². The smallest absolute Gasteiger partial charge is 0.125 e. The van der Waals surface area contributed by atoms with Crippen molar-refractivity contribution in [2.24, 2.45) is 0 Å². The fourth-order valence-electron chi connectivity index (χ4n) is 1.13. The highest BCUT2D eigenvalue weighted by molar-refractivity contribution is 4.89. The maximum atomic E-state index is 3.87. The molecule has 2 rings (SSSR count). The lowest BCUT2D eigenvalue weighted by molar-refractivity contribution is 0.366. The molecule has 3 nitrogen and oxygen atoms in total. The molecule has 0 atom stereocenters. The number of rotatable bonds is 0. The summed E-state index contributed by atoms with van der Waals surface area (Å²) in [6, 6.07) is 1.80. The summed E-state index contributed by atoms with van der Waals surface area (Å²) in [6.07, 6.45) is 9.13. The lowest BCUT2D eigenvalue weighted by atomic mass is 10.3. The average molecular weight is 191 g/mol. The van der Waals surface area contributed by atoms with Crippen molar-refractivity contribution in [2.45, 2.75) is 13.3 Å². The van der Waals surface area contributed by atoms with Crippen LogP contribution >= 0.6 is 0 Å². The molecule has 0 N–H and O–H groups in total. The van der Waals surface area contributed by atoms with Crippen LogP contribution in [0.25, 0.3) is 0 Å². The van der Waals surface area contributed by atoms with Crippen LogP contribution in [0.2, 0.25) is 0 Å². The van der Waals surface area contributed by atoms with Crippen molar-refractivity contribution in [3.63, 3.8) is 0 Å². The number of hydrogen-bond acceptors (Lipinski definition) is 3. The van der Waals surface area contributed by atoms with Gasteiger partial charge in [0.1, 0.15) is 5.82 Å². The highest BCUT2D eigenvalue weighted by Gasteiger charge is 1.95. The standard InChI is InChI=1S/C6H11N.C5H6N2/c1-7-5-3-2-4-6-7;1-5-6-3-2-4-7-5/h2-3H,4-6H2,1H3;2-4H,1H3. The average Bonchev–Trinajstić information content (AvgIpc) is 2.21. The third-order valence-corrected chi connectivity index (χ3v) is 1.96. The Morgan fingerprint density at radius 2 is 1.93 bits per heavy atom. The molecular formula is C11H17N3. The zero-order valence-electron chi connectivity index (χ0n) is 8.85. The number of likely N-dealkylation sites (N-methyl/N-ethyl adjacent to an activating group) is 1. The first-order valence-corrected chi connectivity index (χ1v) is 4.86. The second kappa shape index (κ2) is 6.27. The number of nitrogens with zero attached hydrogens (tertiary/aromatic N) is 3. The van der Waals surface area contributed by atoms with Crippen molar-refractivity contribution in [3.05, 3.63) is 36.4 Å². The molecule has 0 aliphatic carbocycles. The van der Waals surface area contributed by atoms with Crippen molar-refractivity contribution < 1.29 is 0 Å². The summed E-state index contributed by atoms with van der Waals surface area (Å²) < 4.78 is 0. The molecule has 0 bridgehead atoms. The topological polar surface area (TPSA) is 29.0 Å². The molecule has 0 spiro atoms. The molecule has 0 aromatic carbocycles. The van der Waals surface area contributed by atoms with Gasteiger partial charge in [-0.25, -0.2) is 9.97 Å². The third-order valence-electron chi connectivity index (χ3n) is 1.96. The Balaban J connectivity index is 0.000000140. The maximum absolute atomic E-state index is 3.87. The summed E-state index contributed by atoms with van der Waals surface area (Å²) >= 11 is 0. The first-order chi connectivity index (χ1) is 6.79. The van der Waals surface area contributed by atoms with Crippen LogP contribution in [0.3, 0.4) is 0 Å². The molecule has 0 unspecified atom stereocenters. The zero-order valence-corrected chi connectivity index (χ0v) is 8.85. The van der Waals surface area contributed by atoms with Gasteiger partial charge in [0.15, 0.2) is 0 Å². The predicted molar refractivity (Wildman–Crippen MR) is 58.0 cm³/mol. The van der Waals surface area contributed by atoms with Crippen molar-refractivity contribution >= 4 is 0 Å². The van der Waals surface area contributed by atoms with Gasteiger partial charge < -0.3 is 4.90 Å². The van der Waals surface area contributed by atoms with E-state index in [1.165, 1.54) is 13.0 Å². The Bertz CT molecular complexity index is 269. The van der Waals surface area contributed by atoms with Gasteiger partial charge in [-0.05, 0) is 26.5 Å². The summed E-state index contributed by atoms with van der Waals surface area (Å²) in [4.78, 5) is 10.0. The molecule has 3 heteroatoms. The van der Waals surface area contributed by atoms with Crippen molar-refractivity contribution in [2.75, 3.05) is 20.1 Å². The van der Waals surface area contributed by atoms with Crippen LogP contribution < -0.4 is 0 Å². The van der Waals surface area contributed by atoms with Crippen molar-refractivity contribution in [1.82, 2.24) is 14.9 Å². The molecule has 0 fully saturated rings. The van der Waals surface area contributed by atoms with Gasteiger partial charge in [-0.2, -0.15) is 0 Å². The van der Waals surface area contributed by atoms with Crippen LogP contribution in [0.15, 0.2) is 30.6 Å². The zero-order chi connectivity index (χ0) is 10.2. The van der Waals surface area contributed by atoms with Gasteiger partial charge >= 0.3 is 0 Å². The number of aryl methyl sites for hydroxylation is 1. The van der Waals surface area contributed by atoms with Crippen LogP contribution in [-0.4, -0.2) is 35.0 Å². The molecule has 2 heterocycles. The molecule has 1 aromatic heterocycles. The fraction of sp³-hybridized carbons (Fsp3) is 0.455. The van der Waals surface area contributed by atoms with Crippen LogP contribution in [0.5, 0.6) is 0 Å². The van der Waals surface area contributed by atoms with Gasteiger partial charge in [-0.3, -0.25) is 0 Å². The maximum Gasteiger partial charge on any atom is 0.125 e. The second-order valence-electron chi connectivity index (χ2n) is 3.32. The number of hydrogen-bond donors (Lipinski definition) is 0. The minimum atomic E-state index is 0.822. The quantitative estimate of drug-likeness (QED) is 0.584. The summed E-state index contributed by atoms with van der Waals surface area (Å²) in [5.41, 5.74) is 0. The molecule has 0 saturated carbocycles. The molecule has 1 aliphatic heterocycles. The van der Waals surface area contributed by atoms with E-state index < -0.39 is 0 Å². The lowest BCUT2D eigenvalue weighted by Gasteiger charge is -2.15. The van der Waals surface area contributed by atoms with Gasteiger partial charge in [0.05, 0.1) is 0 Å². The van der Waals surface area contributed by atoms with Crippen LogP contribution in [0.1, 0.15) is 12.2 Å². The molecule has 1 aromatic rings. The van der Waals surface area contributed by atoms with Gasteiger partial charge in [0.25, 0.3) is 0 Å². The molecule has 0 radical (unpaired) electrons. The van der Waals surface area contributed by atoms with E-state index in [2.05, 4.69) is 34.1 Å². The second-order valence-corrected chi connectivity index (χ2v) is 3.32. The Morgan fingerprint density at radius 1 is 1.21 bits per heavy atom. The van der Waals surface area contributed by atoms with Crippen molar-refractivity contribution in [3.8, 4) is 0 Å². The Hall–Kier alpha value is -1.22. The minimum Gasteiger partial charge on any atom is -0.302 e. The highest BCUT2D eigenvalue weighted by Crippen LogP contribution is 1.95. The summed E-state index contributed by atoms with van der Waals surface area (Å²) in [6.45, 7) is 4.23. The van der Waals surface area contributed by atoms with Crippen LogP contribution in [-0.2, 0) is 0 Å². The van der Waals surface area contributed by atoms with E-state index in [0.29, 0.717) is 0 Å². The Morgan fingerprint density at radius 3 is 2.21 bits per heavy atom. The first-order valence-electron chi connectivity index (χ1n) is 4.86. The molecule has 14 heavy (non-hydrogen) atoms. The number of aromatic nitrogens is 2.